The molecular formula is C18H17ClN2OS. The largest absolute Gasteiger partial charge is 0.316 e. The van der Waals surface area contributed by atoms with Gasteiger partial charge in [-0.1, -0.05) is 48.1 Å². The van der Waals surface area contributed by atoms with Crippen molar-refractivity contribution in [2.75, 3.05) is 0 Å². The van der Waals surface area contributed by atoms with E-state index in [0.29, 0.717) is 10.6 Å². The molecule has 0 N–H and O–H groups in total. The summed E-state index contributed by atoms with van der Waals surface area (Å²) >= 11 is 7.58. The molecule has 0 aliphatic heterocycles. The third-order valence-electron chi connectivity index (χ3n) is 3.66. The molecule has 0 spiro atoms. The first-order valence-corrected chi connectivity index (χ1v) is 8.73. The lowest BCUT2D eigenvalue weighted by Crippen LogP contribution is -2.17. The van der Waals surface area contributed by atoms with Crippen molar-refractivity contribution in [2.24, 2.45) is 4.99 Å². The molecule has 3 rings (SSSR count). The molecule has 3 aromatic rings. The Morgan fingerprint density at radius 3 is 2.78 bits per heavy atom. The minimum absolute atomic E-state index is 0.203. The predicted molar refractivity (Wildman–Crippen MR) is 96.2 cm³/mol. The normalized spacial score (nSPS) is 12.0. The van der Waals surface area contributed by atoms with Crippen LogP contribution in [-0.2, 0) is 6.54 Å². The van der Waals surface area contributed by atoms with Crippen LogP contribution in [0.1, 0.15) is 29.3 Å². The van der Waals surface area contributed by atoms with Gasteiger partial charge in [0.05, 0.1) is 10.2 Å². The van der Waals surface area contributed by atoms with Crippen molar-refractivity contribution in [1.82, 2.24) is 4.57 Å². The average Bonchev–Trinajstić information content (AvgIpc) is 2.84. The van der Waals surface area contributed by atoms with E-state index in [4.69, 9.17) is 11.6 Å². The second-order valence-corrected chi connectivity index (χ2v) is 6.83. The van der Waals surface area contributed by atoms with Crippen molar-refractivity contribution in [3.05, 3.63) is 63.4 Å². The van der Waals surface area contributed by atoms with Crippen molar-refractivity contribution in [3.8, 4) is 0 Å². The van der Waals surface area contributed by atoms with Crippen molar-refractivity contribution in [1.29, 1.82) is 0 Å². The fraction of sp³-hybridized carbons (Fsp3) is 0.222. The molecule has 23 heavy (non-hydrogen) atoms. The third kappa shape index (κ3) is 3.23. The van der Waals surface area contributed by atoms with Gasteiger partial charge in [0.1, 0.15) is 0 Å². The van der Waals surface area contributed by atoms with Gasteiger partial charge in [0.25, 0.3) is 5.91 Å². The van der Waals surface area contributed by atoms with Crippen LogP contribution in [0.3, 0.4) is 0 Å². The van der Waals surface area contributed by atoms with Gasteiger partial charge >= 0.3 is 0 Å². The summed E-state index contributed by atoms with van der Waals surface area (Å²) < 4.78 is 3.13. The molecule has 0 bridgehead atoms. The second kappa shape index (κ2) is 6.69. The average molecular weight is 345 g/mol. The van der Waals surface area contributed by atoms with E-state index < -0.39 is 0 Å². The summed E-state index contributed by atoms with van der Waals surface area (Å²) in [6.07, 6.45) is 0.972. The van der Waals surface area contributed by atoms with Gasteiger partial charge in [-0.15, -0.1) is 0 Å². The molecule has 118 valence electrons. The molecule has 0 atom stereocenters. The highest BCUT2D eigenvalue weighted by atomic mass is 35.5. The van der Waals surface area contributed by atoms with Crippen molar-refractivity contribution >= 4 is 39.1 Å². The molecule has 0 radical (unpaired) electrons. The first-order chi connectivity index (χ1) is 11.1. The van der Waals surface area contributed by atoms with E-state index in [1.54, 1.807) is 0 Å². The maximum Gasteiger partial charge on any atom is 0.279 e. The highest BCUT2D eigenvalue weighted by Crippen LogP contribution is 2.22. The molecule has 0 unspecified atom stereocenters. The van der Waals surface area contributed by atoms with Gasteiger partial charge in [-0.05, 0) is 43.2 Å². The topological polar surface area (TPSA) is 34.4 Å². The zero-order valence-electron chi connectivity index (χ0n) is 13.0. The van der Waals surface area contributed by atoms with Crippen LogP contribution in [0.4, 0.5) is 0 Å². The maximum absolute atomic E-state index is 12.5. The number of thiazole rings is 1. The van der Waals surface area contributed by atoms with E-state index in [0.717, 1.165) is 33.5 Å². The predicted octanol–water partition coefficient (Wildman–Crippen LogP) is 4.82. The Labute approximate surface area is 143 Å². The SMILES string of the molecule is CCCn1c(=NC(=O)c2ccccc2C)sc2cc(Cl)ccc21. The summed E-state index contributed by atoms with van der Waals surface area (Å²) in [4.78, 5) is 17.6. The summed E-state index contributed by atoms with van der Waals surface area (Å²) in [6.45, 7) is 4.86. The molecule has 1 heterocycles. The number of fused-ring (bicyclic) bond motifs is 1. The third-order valence-corrected chi connectivity index (χ3v) is 4.94. The highest BCUT2D eigenvalue weighted by Gasteiger charge is 2.10. The molecule has 0 fully saturated rings. The van der Waals surface area contributed by atoms with Gasteiger partial charge in [0.2, 0.25) is 0 Å². The van der Waals surface area contributed by atoms with Gasteiger partial charge < -0.3 is 4.57 Å². The van der Waals surface area contributed by atoms with Crippen LogP contribution in [-0.4, -0.2) is 10.5 Å². The number of rotatable bonds is 3. The minimum Gasteiger partial charge on any atom is -0.316 e. The van der Waals surface area contributed by atoms with Crippen LogP contribution in [0.25, 0.3) is 10.2 Å². The summed E-state index contributed by atoms with van der Waals surface area (Å²) in [7, 11) is 0. The first-order valence-electron chi connectivity index (χ1n) is 7.53. The van der Waals surface area contributed by atoms with Gasteiger partial charge in [0.15, 0.2) is 4.80 Å². The lowest BCUT2D eigenvalue weighted by atomic mass is 10.1. The fourth-order valence-corrected chi connectivity index (χ4v) is 3.86. The lowest BCUT2D eigenvalue weighted by molar-refractivity contribution is 0.0997. The van der Waals surface area contributed by atoms with E-state index in [2.05, 4.69) is 16.5 Å². The quantitative estimate of drug-likeness (QED) is 0.671. The number of carbonyl (C=O) groups excluding carboxylic acids is 1. The zero-order valence-corrected chi connectivity index (χ0v) is 14.6. The molecule has 5 heteroatoms. The molecule has 3 nitrogen and oxygen atoms in total. The zero-order chi connectivity index (χ0) is 16.4. The van der Waals surface area contributed by atoms with E-state index >= 15 is 0 Å². The molecule has 2 aromatic carbocycles. The number of benzene rings is 2. The molecule has 0 aliphatic carbocycles. The van der Waals surface area contributed by atoms with Crippen LogP contribution >= 0.6 is 22.9 Å². The van der Waals surface area contributed by atoms with Crippen LogP contribution < -0.4 is 4.80 Å². The number of hydrogen-bond donors (Lipinski definition) is 0. The standard InChI is InChI=1S/C18H17ClN2OS/c1-3-10-21-15-9-8-13(19)11-16(15)23-18(21)20-17(22)14-7-5-4-6-12(14)2/h4-9,11H,3,10H2,1-2H3. The van der Waals surface area contributed by atoms with Crippen LogP contribution in [0, 0.1) is 6.92 Å². The summed E-state index contributed by atoms with van der Waals surface area (Å²) in [5, 5.41) is 0.694. The van der Waals surface area contributed by atoms with Crippen LogP contribution in [0.15, 0.2) is 47.5 Å². The molecular weight excluding hydrogens is 328 g/mol. The number of aromatic nitrogens is 1. The van der Waals surface area contributed by atoms with E-state index in [9.17, 15) is 4.79 Å². The number of carbonyl (C=O) groups is 1. The Morgan fingerprint density at radius 2 is 2.04 bits per heavy atom. The van der Waals surface area contributed by atoms with Gasteiger partial charge in [-0.2, -0.15) is 4.99 Å². The summed E-state index contributed by atoms with van der Waals surface area (Å²) in [5.41, 5.74) is 2.65. The Balaban J connectivity index is 2.16. The number of halogens is 1. The number of hydrogen-bond acceptors (Lipinski definition) is 2. The minimum atomic E-state index is -0.203. The number of aryl methyl sites for hydroxylation is 2. The smallest absolute Gasteiger partial charge is 0.279 e. The fourth-order valence-electron chi connectivity index (χ4n) is 2.53. The maximum atomic E-state index is 12.5. The first kappa shape index (κ1) is 16.0. The lowest BCUT2D eigenvalue weighted by Gasteiger charge is -2.03. The van der Waals surface area contributed by atoms with Crippen LogP contribution in [0.2, 0.25) is 5.02 Å². The summed E-state index contributed by atoms with van der Waals surface area (Å²) in [5.74, 6) is -0.203. The number of nitrogens with zero attached hydrogens (tertiary/aromatic N) is 2. The Hall–Kier alpha value is -1.91. The van der Waals surface area contributed by atoms with Crippen LogP contribution in [0.5, 0.6) is 0 Å². The molecule has 0 saturated carbocycles. The van der Waals surface area contributed by atoms with E-state index in [1.807, 2.05) is 49.4 Å². The summed E-state index contributed by atoms with van der Waals surface area (Å²) in [6, 6.07) is 13.3. The van der Waals surface area contributed by atoms with E-state index in [-0.39, 0.29) is 5.91 Å². The molecule has 0 saturated heterocycles. The van der Waals surface area contributed by atoms with Crippen molar-refractivity contribution in [2.45, 2.75) is 26.8 Å². The molecule has 1 amide bonds. The highest BCUT2D eigenvalue weighted by molar-refractivity contribution is 7.16. The van der Waals surface area contributed by atoms with Gasteiger partial charge in [-0.25, -0.2) is 0 Å². The second-order valence-electron chi connectivity index (χ2n) is 5.38. The van der Waals surface area contributed by atoms with Gasteiger partial charge in [-0.3, -0.25) is 4.79 Å². The number of amides is 1. The van der Waals surface area contributed by atoms with Crippen molar-refractivity contribution in [3.63, 3.8) is 0 Å². The van der Waals surface area contributed by atoms with Crippen molar-refractivity contribution < 1.29 is 4.79 Å². The Morgan fingerprint density at radius 1 is 1.26 bits per heavy atom. The monoisotopic (exact) mass is 344 g/mol. The Kier molecular flexibility index (Phi) is 4.64. The Bertz CT molecular complexity index is 940. The molecule has 0 aliphatic rings. The van der Waals surface area contributed by atoms with E-state index in [1.165, 1.54) is 11.3 Å². The van der Waals surface area contributed by atoms with Gasteiger partial charge in [0, 0.05) is 17.1 Å². The molecule has 1 aromatic heterocycles.